The number of carbonyl (C=O) groups excluding carboxylic acids is 2. The highest BCUT2D eigenvalue weighted by atomic mass is 32.2. The van der Waals surface area contributed by atoms with Gasteiger partial charge in [-0.25, -0.2) is 12.8 Å². The van der Waals surface area contributed by atoms with Crippen LogP contribution in [0.25, 0.3) is 0 Å². The van der Waals surface area contributed by atoms with Crippen LogP contribution in [0.2, 0.25) is 0 Å². The highest BCUT2D eigenvalue weighted by Gasteiger charge is 2.31. The molecule has 240 valence electrons. The van der Waals surface area contributed by atoms with E-state index in [1.165, 1.54) is 45.6 Å². The molecule has 9 nitrogen and oxygen atoms in total. The molecule has 1 N–H and O–H groups in total. The van der Waals surface area contributed by atoms with Gasteiger partial charge < -0.3 is 19.7 Å². The lowest BCUT2D eigenvalue weighted by atomic mass is 10.0. The number of nitrogens with one attached hydrogen (secondary N) is 1. The molecular weight excluding hydrogens is 609 g/mol. The standard InChI is InChI=1S/C35H36FN3O6S/c36-30-13-11-29(12-14-30)25-39(33(23-27-7-3-1-4-8-27)35(41)37-24-28-9-5-2-6-10-28)34(40)26-45-31-15-17-32(18-16-31)46(42,43)38-19-21-44-22-20-38/h1-18,33H,19-26H2,(H,37,41)/t33-/m1/s1. The van der Waals surface area contributed by atoms with Gasteiger partial charge in [-0.15, -0.1) is 0 Å². The van der Waals surface area contributed by atoms with E-state index < -0.39 is 34.4 Å². The zero-order valence-corrected chi connectivity index (χ0v) is 26.1. The predicted molar refractivity (Wildman–Crippen MR) is 171 cm³/mol. The molecule has 46 heavy (non-hydrogen) atoms. The van der Waals surface area contributed by atoms with Gasteiger partial charge in [0.1, 0.15) is 17.6 Å². The molecule has 1 heterocycles. The van der Waals surface area contributed by atoms with Crippen LogP contribution in [0.1, 0.15) is 16.7 Å². The second-order valence-electron chi connectivity index (χ2n) is 10.8. The second-order valence-corrected chi connectivity index (χ2v) is 12.8. The zero-order valence-electron chi connectivity index (χ0n) is 25.3. The largest absolute Gasteiger partial charge is 0.484 e. The van der Waals surface area contributed by atoms with Crippen molar-refractivity contribution in [3.63, 3.8) is 0 Å². The highest BCUT2D eigenvalue weighted by Crippen LogP contribution is 2.21. The van der Waals surface area contributed by atoms with Gasteiger partial charge in [0, 0.05) is 32.6 Å². The Labute approximate surface area is 268 Å². The molecule has 1 aliphatic heterocycles. The number of hydrogen-bond acceptors (Lipinski definition) is 6. The number of ether oxygens (including phenoxy) is 2. The summed E-state index contributed by atoms with van der Waals surface area (Å²) in [5, 5.41) is 2.97. The monoisotopic (exact) mass is 645 g/mol. The predicted octanol–water partition coefficient (Wildman–Crippen LogP) is 4.18. The van der Waals surface area contributed by atoms with E-state index in [4.69, 9.17) is 9.47 Å². The molecule has 0 aliphatic carbocycles. The van der Waals surface area contributed by atoms with E-state index in [9.17, 15) is 22.4 Å². The smallest absolute Gasteiger partial charge is 0.261 e. The van der Waals surface area contributed by atoms with E-state index >= 15 is 0 Å². The van der Waals surface area contributed by atoms with Crippen molar-refractivity contribution in [1.82, 2.24) is 14.5 Å². The maximum absolute atomic E-state index is 13.9. The van der Waals surface area contributed by atoms with Crippen LogP contribution in [0.5, 0.6) is 5.75 Å². The average Bonchev–Trinajstić information content (AvgIpc) is 3.10. The number of amides is 2. The molecule has 5 rings (SSSR count). The van der Waals surface area contributed by atoms with Crippen molar-refractivity contribution in [2.24, 2.45) is 0 Å². The van der Waals surface area contributed by atoms with Crippen molar-refractivity contribution in [3.8, 4) is 5.75 Å². The fourth-order valence-corrected chi connectivity index (χ4v) is 6.52. The summed E-state index contributed by atoms with van der Waals surface area (Å²) < 4.78 is 52.2. The number of halogens is 1. The van der Waals surface area contributed by atoms with E-state index in [0.717, 1.165) is 11.1 Å². The molecule has 0 unspecified atom stereocenters. The van der Waals surface area contributed by atoms with Crippen LogP contribution in [-0.4, -0.2) is 68.4 Å². The van der Waals surface area contributed by atoms with E-state index in [2.05, 4.69) is 5.32 Å². The first-order valence-corrected chi connectivity index (χ1v) is 16.4. The van der Waals surface area contributed by atoms with E-state index in [0.29, 0.717) is 24.5 Å². The first-order valence-electron chi connectivity index (χ1n) is 15.0. The van der Waals surface area contributed by atoms with Gasteiger partial charge >= 0.3 is 0 Å². The lowest BCUT2D eigenvalue weighted by Gasteiger charge is -2.31. The Morgan fingerprint density at radius 3 is 2.07 bits per heavy atom. The summed E-state index contributed by atoms with van der Waals surface area (Å²) in [7, 11) is -3.69. The maximum atomic E-state index is 13.9. The van der Waals surface area contributed by atoms with Gasteiger partial charge in [0.2, 0.25) is 15.9 Å². The van der Waals surface area contributed by atoms with E-state index in [1.807, 2.05) is 60.7 Å². The van der Waals surface area contributed by atoms with Crippen LogP contribution in [-0.2, 0) is 43.9 Å². The molecule has 2 amide bonds. The zero-order chi connectivity index (χ0) is 32.4. The van der Waals surface area contributed by atoms with Crippen LogP contribution in [0, 0.1) is 5.82 Å². The molecular formula is C35H36FN3O6S. The van der Waals surface area contributed by atoms with Gasteiger partial charge in [0.15, 0.2) is 6.61 Å². The molecule has 0 radical (unpaired) electrons. The lowest BCUT2D eigenvalue weighted by molar-refractivity contribution is -0.142. The van der Waals surface area contributed by atoms with Crippen LogP contribution in [0.15, 0.2) is 114 Å². The molecule has 4 aromatic carbocycles. The number of morpholine rings is 1. The molecule has 0 spiro atoms. The van der Waals surface area contributed by atoms with Crippen molar-refractivity contribution in [2.45, 2.75) is 30.4 Å². The Kier molecular flexibility index (Phi) is 11.1. The maximum Gasteiger partial charge on any atom is 0.261 e. The Hall–Kier alpha value is -4.58. The molecule has 1 saturated heterocycles. The number of carbonyl (C=O) groups is 2. The number of nitrogens with zero attached hydrogens (tertiary/aromatic N) is 2. The molecule has 11 heteroatoms. The van der Waals surface area contributed by atoms with E-state index in [1.54, 1.807) is 12.1 Å². The summed E-state index contributed by atoms with van der Waals surface area (Å²) in [6, 6.07) is 29.6. The van der Waals surface area contributed by atoms with Crippen molar-refractivity contribution in [2.75, 3.05) is 32.9 Å². The van der Waals surface area contributed by atoms with Crippen molar-refractivity contribution in [1.29, 1.82) is 0 Å². The van der Waals surface area contributed by atoms with Gasteiger partial charge in [-0.3, -0.25) is 9.59 Å². The molecule has 0 saturated carbocycles. The third-order valence-electron chi connectivity index (χ3n) is 7.64. The molecule has 0 aromatic heterocycles. The SMILES string of the molecule is O=C(NCc1ccccc1)[C@@H](Cc1ccccc1)N(Cc1ccc(F)cc1)C(=O)COc1ccc(S(=O)(=O)N2CCOCC2)cc1. The van der Waals surface area contributed by atoms with Gasteiger partial charge in [-0.2, -0.15) is 4.31 Å². The Bertz CT molecular complexity index is 1680. The molecule has 1 aliphatic rings. The van der Waals surface area contributed by atoms with Crippen molar-refractivity contribution in [3.05, 3.63) is 132 Å². The number of hydrogen-bond donors (Lipinski definition) is 1. The Morgan fingerprint density at radius 2 is 1.43 bits per heavy atom. The van der Waals surface area contributed by atoms with Gasteiger partial charge in [-0.1, -0.05) is 72.8 Å². The summed E-state index contributed by atoms with van der Waals surface area (Å²) in [5.41, 5.74) is 2.41. The summed E-state index contributed by atoms with van der Waals surface area (Å²) in [5.74, 6) is -0.930. The Balaban J connectivity index is 1.35. The summed E-state index contributed by atoms with van der Waals surface area (Å²) >= 11 is 0. The van der Waals surface area contributed by atoms with Crippen LogP contribution >= 0.6 is 0 Å². The minimum absolute atomic E-state index is 0.0372. The fraction of sp³-hybridized carbons (Fsp3) is 0.257. The highest BCUT2D eigenvalue weighted by molar-refractivity contribution is 7.89. The number of benzene rings is 4. The van der Waals surface area contributed by atoms with E-state index in [-0.39, 0.29) is 43.4 Å². The average molecular weight is 646 g/mol. The van der Waals surface area contributed by atoms with Crippen LogP contribution in [0.3, 0.4) is 0 Å². The first kappa shape index (κ1) is 32.8. The minimum atomic E-state index is -3.69. The normalized spacial score (nSPS) is 14.3. The van der Waals surface area contributed by atoms with Crippen molar-refractivity contribution >= 4 is 21.8 Å². The van der Waals surface area contributed by atoms with Crippen LogP contribution < -0.4 is 10.1 Å². The van der Waals surface area contributed by atoms with Crippen molar-refractivity contribution < 1.29 is 31.9 Å². The first-order chi connectivity index (χ1) is 22.3. The third kappa shape index (κ3) is 8.78. The number of rotatable bonds is 13. The summed E-state index contributed by atoms with van der Waals surface area (Å²) in [6.07, 6.45) is 0.239. The summed E-state index contributed by atoms with van der Waals surface area (Å²) in [4.78, 5) is 29.2. The minimum Gasteiger partial charge on any atom is -0.484 e. The van der Waals surface area contributed by atoms with Crippen LogP contribution in [0.4, 0.5) is 4.39 Å². The Morgan fingerprint density at radius 1 is 0.826 bits per heavy atom. The van der Waals surface area contributed by atoms with Gasteiger partial charge in [0.05, 0.1) is 18.1 Å². The molecule has 1 fully saturated rings. The third-order valence-corrected chi connectivity index (χ3v) is 9.55. The fourth-order valence-electron chi connectivity index (χ4n) is 5.12. The second kappa shape index (κ2) is 15.6. The van der Waals surface area contributed by atoms with Gasteiger partial charge in [0.25, 0.3) is 5.91 Å². The number of sulfonamides is 1. The lowest BCUT2D eigenvalue weighted by Crippen LogP contribution is -2.51. The van der Waals surface area contributed by atoms with Gasteiger partial charge in [-0.05, 0) is 53.1 Å². The molecule has 1 atom stereocenters. The quantitative estimate of drug-likeness (QED) is 0.234. The molecule has 4 aromatic rings. The summed E-state index contributed by atoms with van der Waals surface area (Å²) in [6.45, 7) is 1.15. The molecule has 0 bridgehead atoms. The topological polar surface area (TPSA) is 105 Å².